The normalized spacial score (nSPS) is 10.5. The Bertz CT molecular complexity index is 785. The van der Waals surface area contributed by atoms with E-state index in [4.69, 9.17) is 14.0 Å². The molecule has 0 aliphatic heterocycles. The maximum absolute atomic E-state index is 11.7. The molecule has 0 N–H and O–H groups in total. The van der Waals surface area contributed by atoms with Crippen LogP contribution in [0.3, 0.4) is 0 Å². The Hall–Kier alpha value is -2.12. The van der Waals surface area contributed by atoms with E-state index in [9.17, 15) is 4.79 Å². The molecular weight excluding hydrogens is 382 g/mol. The van der Waals surface area contributed by atoms with E-state index >= 15 is 0 Å². The molecule has 0 saturated heterocycles. The Morgan fingerprint density at radius 1 is 1.26 bits per heavy atom. The second-order valence-corrected chi connectivity index (χ2v) is 6.43. The van der Waals surface area contributed by atoms with Crippen molar-refractivity contribution in [2.45, 2.75) is 6.61 Å². The lowest BCUT2D eigenvalue weighted by Crippen LogP contribution is -2.14. The molecule has 0 radical (unpaired) electrons. The molecule has 23 heavy (non-hydrogen) atoms. The summed E-state index contributed by atoms with van der Waals surface area (Å²) in [5, 5.41) is 5.84. The van der Waals surface area contributed by atoms with Crippen molar-refractivity contribution in [3.63, 3.8) is 0 Å². The summed E-state index contributed by atoms with van der Waals surface area (Å²) in [5.41, 5.74) is 0.559. The van der Waals surface area contributed by atoms with Crippen LogP contribution in [-0.4, -0.2) is 17.7 Å². The van der Waals surface area contributed by atoms with Gasteiger partial charge in [0.05, 0.1) is 4.88 Å². The van der Waals surface area contributed by atoms with Crippen LogP contribution < -0.4 is 4.74 Å². The van der Waals surface area contributed by atoms with Gasteiger partial charge >= 0.3 is 5.97 Å². The first-order valence-electron chi connectivity index (χ1n) is 6.74. The topological polar surface area (TPSA) is 61.6 Å². The number of rotatable bonds is 6. The van der Waals surface area contributed by atoms with Crippen molar-refractivity contribution in [3.05, 3.63) is 58.0 Å². The summed E-state index contributed by atoms with van der Waals surface area (Å²) in [6.07, 6.45) is 0. The zero-order valence-electron chi connectivity index (χ0n) is 11.9. The van der Waals surface area contributed by atoms with Gasteiger partial charge in [-0.1, -0.05) is 33.2 Å². The highest BCUT2D eigenvalue weighted by Crippen LogP contribution is 2.25. The minimum atomic E-state index is -0.467. The SMILES string of the molecule is O=C(COc1cccc(Br)c1)OCc1cc(-c2cccs2)on1. The smallest absolute Gasteiger partial charge is 0.344 e. The molecule has 0 spiro atoms. The number of hydrogen-bond acceptors (Lipinski definition) is 6. The fourth-order valence-electron chi connectivity index (χ4n) is 1.81. The summed E-state index contributed by atoms with van der Waals surface area (Å²) in [4.78, 5) is 12.7. The largest absolute Gasteiger partial charge is 0.482 e. The number of halogens is 1. The van der Waals surface area contributed by atoms with Crippen molar-refractivity contribution in [1.82, 2.24) is 5.16 Å². The van der Waals surface area contributed by atoms with Crippen LogP contribution in [0, 0.1) is 0 Å². The van der Waals surface area contributed by atoms with Gasteiger partial charge < -0.3 is 14.0 Å². The van der Waals surface area contributed by atoms with E-state index in [-0.39, 0.29) is 13.2 Å². The average molecular weight is 394 g/mol. The van der Waals surface area contributed by atoms with Crippen molar-refractivity contribution >= 4 is 33.2 Å². The molecule has 2 heterocycles. The number of aromatic nitrogens is 1. The number of ether oxygens (including phenoxy) is 2. The third kappa shape index (κ3) is 4.43. The molecular formula is C16H12BrNO4S. The zero-order valence-corrected chi connectivity index (χ0v) is 14.3. The molecule has 1 aromatic carbocycles. The van der Waals surface area contributed by atoms with Gasteiger partial charge in [-0.25, -0.2) is 4.79 Å². The lowest BCUT2D eigenvalue weighted by Gasteiger charge is -2.06. The number of nitrogens with zero attached hydrogens (tertiary/aromatic N) is 1. The van der Waals surface area contributed by atoms with Gasteiger partial charge in [0.15, 0.2) is 12.4 Å². The third-order valence-electron chi connectivity index (χ3n) is 2.86. The monoisotopic (exact) mass is 393 g/mol. The highest BCUT2D eigenvalue weighted by atomic mass is 79.9. The summed E-state index contributed by atoms with van der Waals surface area (Å²) in [6, 6.07) is 12.9. The first kappa shape index (κ1) is 15.8. The van der Waals surface area contributed by atoms with E-state index < -0.39 is 5.97 Å². The van der Waals surface area contributed by atoms with Gasteiger partial charge in [-0.15, -0.1) is 11.3 Å². The quantitative estimate of drug-likeness (QED) is 0.584. The fraction of sp³-hybridized carbons (Fsp3) is 0.125. The molecule has 3 aromatic rings. The van der Waals surface area contributed by atoms with Gasteiger partial charge in [0.2, 0.25) is 0 Å². The molecule has 0 bridgehead atoms. The molecule has 7 heteroatoms. The van der Waals surface area contributed by atoms with Crippen LogP contribution in [0.1, 0.15) is 5.69 Å². The highest BCUT2D eigenvalue weighted by molar-refractivity contribution is 9.10. The van der Waals surface area contributed by atoms with Crippen molar-refractivity contribution in [1.29, 1.82) is 0 Å². The van der Waals surface area contributed by atoms with E-state index in [1.807, 2.05) is 29.6 Å². The van der Waals surface area contributed by atoms with Crippen LogP contribution in [0.2, 0.25) is 0 Å². The maximum Gasteiger partial charge on any atom is 0.344 e. The molecule has 5 nitrogen and oxygen atoms in total. The predicted molar refractivity (Wildman–Crippen MR) is 89.2 cm³/mol. The van der Waals surface area contributed by atoms with Crippen LogP contribution in [0.5, 0.6) is 5.75 Å². The highest BCUT2D eigenvalue weighted by Gasteiger charge is 2.10. The molecule has 0 saturated carbocycles. The summed E-state index contributed by atoms with van der Waals surface area (Å²) in [7, 11) is 0. The molecule has 0 fully saturated rings. The van der Waals surface area contributed by atoms with Crippen molar-refractivity contribution in [2.75, 3.05) is 6.61 Å². The Morgan fingerprint density at radius 3 is 2.96 bits per heavy atom. The van der Waals surface area contributed by atoms with Crippen molar-refractivity contribution in [2.24, 2.45) is 0 Å². The van der Waals surface area contributed by atoms with E-state index in [1.165, 1.54) is 0 Å². The van der Waals surface area contributed by atoms with Crippen molar-refractivity contribution in [3.8, 4) is 16.4 Å². The number of hydrogen-bond donors (Lipinski definition) is 0. The summed E-state index contributed by atoms with van der Waals surface area (Å²) in [6.45, 7) is -0.109. The number of esters is 1. The molecule has 0 aliphatic carbocycles. The molecule has 2 aromatic heterocycles. The van der Waals surface area contributed by atoms with Gasteiger partial charge in [0.25, 0.3) is 0 Å². The minimum Gasteiger partial charge on any atom is -0.482 e. The molecule has 118 valence electrons. The Kier molecular flexibility index (Phi) is 5.09. The molecule has 0 amide bonds. The number of thiophene rings is 1. The Morgan fingerprint density at radius 2 is 2.17 bits per heavy atom. The van der Waals surface area contributed by atoms with Gasteiger partial charge in [0, 0.05) is 10.5 Å². The van der Waals surface area contributed by atoms with Gasteiger partial charge in [-0.05, 0) is 29.6 Å². The lowest BCUT2D eigenvalue weighted by atomic mass is 10.3. The molecule has 0 unspecified atom stereocenters. The first-order valence-corrected chi connectivity index (χ1v) is 8.41. The van der Waals surface area contributed by atoms with E-state index in [1.54, 1.807) is 29.5 Å². The van der Waals surface area contributed by atoms with E-state index in [2.05, 4.69) is 21.1 Å². The number of benzene rings is 1. The lowest BCUT2D eigenvalue weighted by molar-refractivity contribution is -0.147. The van der Waals surface area contributed by atoms with Crippen LogP contribution in [0.4, 0.5) is 0 Å². The van der Waals surface area contributed by atoms with Crippen LogP contribution in [0.15, 0.2) is 56.8 Å². The predicted octanol–water partition coefficient (Wildman–Crippen LogP) is 4.29. The third-order valence-corrected chi connectivity index (χ3v) is 4.23. The van der Waals surface area contributed by atoms with Crippen LogP contribution in [-0.2, 0) is 16.1 Å². The van der Waals surface area contributed by atoms with Crippen LogP contribution >= 0.6 is 27.3 Å². The van der Waals surface area contributed by atoms with E-state index in [0.717, 1.165) is 9.35 Å². The van der Waals surface area contributed by atoms with Gasteiger partial charge in [-0.2, -0.15) is 0 Å². The number of carbonyl (C=O) groups excluding carboxylic acids is 1. The molecule has 3 rings (SSSR count). The second-order valence-electron chi connectivity index (χ2n) is 4.57. The Balaban J connectivity index is 1.47. The zero-order chi connectivity index (χ0) is 16.1. The standard InChI is InChI=1S/C16H12BrNO4S/c17-11-3-1-4-13(7-11)20-10-16(19)21-9-12-8-14(22-18-12)15-5-2-6-23-15/h1-8H,9-10H2. The summed E-state index contributed by atoms with van der Waals surface area (Å²) >= 11 is 4.89. The fourth-order valence-corrected chi connectivity index (χ4v) is 2.86. The first-order chi connectivity index (χ1) is 11.2. The summed E-state index contributed by atoms with van der Waals surface area (Å²) < 4.78 is 16.6. The van der Waals surface area contributed by atoms with Gasteiger partial charge in [0.1, 0.15) is 18.1 Å². The minimum absolute atomic E-state index is 0.0511. The Labute approximate surface area is 145 Å². The van der Waals surface area contributed by atoms with Crippen molar-refractivity contribution < 1.29 is 18.8 Å². The average Bonchev–Trinajstić information content (AvgIpc) is 3.22. The summed E-state index contributed by atoms with van der Waals surface area (Å²) in [5.74, 6) is 0.792. The molecule has 0 atom stereocenters. The van der Waals surface area contributed by atoms with Crippen LogP contribution in [0.25, 0.3) is 10.6 Å². The molecule has 0 aliphatic rings. The second kappa shape index (κ2) is 7.43. The number of carbonyl (C=O) groups is 1. The van der Waals surface area contributed by atoms with Gasteiger partial charge in [-0.3, -0.25) is 0 Å². The van der Waals surface area contributed by atoms with E-state index in [0.29, 0.717) is 17.2 Å². The maximum atomic E-state index is 11.7.